The van der Waals surface area contributed by atoms with Crippen LogP contribution in [0.4, 0.5) is 0 Å². The monoisotopic (exact) mass is 332 g/mol. The highest BCUT2D eigenvalue weighted by Crippen LogP contribution is 2.29. The van der Waals surface area contributed by atoms with Crippen molar-refractivity contribution in [3.05, 3.63) is 26.9 Å². The van der Waals surface area contributed by atoms with Gasteiger partial charge in [-0.3, -0.25) is 19.1 Å². The standard InChI is InChI=1S/C12H16N2O7S/c1-4(11(19)20)5-2-14(12(22)13-9(5)18)10-8(17)7(16)6(3-15)21-10/h2,4,6-8,10,15-17H,3H2,1H3,(H,19,20)(H,13,18,22)/t4?,6-,7-,8-,10-/m1/s1. The van der Waals surface area contributed by atoms with Gasteiger partial charge in [0, 0.05) is 11.8 Å². The molecule has 5 N–H and O–H groups in total. The number of carboxylic acids is 1. The molecule has 2 heterocycles. The zero-order valence-electron chi connectivity index (χ0n) is 11.5. The molecule has 2 rings (SSSR count). The van der Waals surface area contributed by atoms with Crippen LogP contribution in [0.15, 0.2) is 11.0 Å². The first-order valence-corrected chi connectivity index (χ1v) is 6.89. The zero-order valence-corrected chi connectivity index (χ0v) is 12.4. The number of H-pyrrole nitrogens is 1. The van der Waals surface area contributed by atoms with Crippen LogP contribution >= 0.6 is 12.2 Å². The van der Waals surface area contributed by atoms with E-state index in [-0.39, 0.29) is 10.3 Å². The highest BCUT2D eigenvalue weighted by Gasteiger charge is 2.43. The van der Waals surface area contributed by atoms with E-state index in [0.29, 0.717) is 0 Å². The number of hydrogen-bond acceptors (Lipinski definition) is 7. The van der Waals surface area contributed by atoms with Gasteiger partial charge in [0.05, 0.1) is 12.5 Å². The number of aliphatic hydroxyl groups is 3. The predicted molar refractivity (Wildman–Crippen MR) is 74.9 cm³/mol. The van der Waals surface area contributed by atoms with Crippen LogP contribution in [0.3, 0.4) is 0 Å². The maximum absolute atomic E-state index is 11.8. The topological polar surface area (TPSA) is 145 Å². The first-order valence-electron chi connectivity index (χ1n) is 6.48. The number of rotatable bonds is 4. The summed E-state index contributed by atoms with van der Waals surface area (Å²) in [5, 5.41) is 37.8. The van der Waals surface area contributed by atoms with Gasteiger partial charge in [0.25, 0.3) is 5.56 Å². The molecule has 1 saturated heterocycles. The summed E-state index contributed by atoms with van der Waals surface area (Å²) in [6, 6.07) is 0. The third-order valence-corrected chi connectivity index (χ3v) is 3.94. The lowest BCUT2D eigenvalue weighted by Crippen LogP contribution is -2.34. The van der Waals surface area contributed by atoms with E-state index in [1.165, 1.54) is 13.1 Å². The molecule has 0 aromatic carbocycles. The molecule has 0 saturated carbocycles. The van der Waals surface area contributed by atoms with E-state index >= 15 is 0 Å². The lowest BCUT2D eigenvalue weighted by molar-refractivity contribution is -0.138. The Morgan fingerprint density at radius 3 is 2.64 bits per heavy atom. The van der Waals surface area contributed by atoms with Crippen LogP contribution in [0.25, 0.3) is 0 Å². The first kappa shape index (κ1) is 16.8. The van der Waals surface area contributed by atoms with Gasteiger partial charge >= 0.3 is 5.97 Å². The van der Waals surface area contributed by atoms with Crippen molar-refractivity contribution in [1.82, 2.24) is 9.55 Å². The minimum absolute atomic E-state index is 0.0705. The zero-order chi connectivity index (χ0) is 16.6. The third-order valence-electron chi connectivity index (χ3n) is 3.62. The number of aliphatic carboxylic acids is 1. The molecule has 9 nitrogen and oxygen atoms in total. The van der Waals surface area contributed by atoms with Gasteiger partial charge in [-0.2, -0.15) is 0 Å². The molecule has 0 spiro atoms. The number of ether oxygens (including phenoxy) is 1. The fourth-order valence-corrected chi connectivity index (χ4v) is 2.49. The highest BCUT2D eigenvalue weighted by molar-refractivity contribution is 7.71. The number of hydrogen-bond donors (Lipinski definition) is 5. The Morgan fingerprint density at radius 1 is 1.50 bits per heavy atom. The summed E-state index contributed by atoms with van der Waals surface area (Å²) in [7, 11) is 0. The normalized spacial score (nSPS) is 29.5. The van der Waals surface area contributed by atoms with Gasteiger partial charge in [-0.1, -0.05) is 0 Å². The molecule has 22 heavy (non-hydrogen) atoms. The fourth-order valence-electron chi connectivity index (χ4n) is 2.24. The number of aromatic nitrogens is 2. The van der Waals surface area contributed by atoms with E-state index < -0.39 is 48.6 Å². The van der Waals surface area contributed by atoms with Gasteiger partial charge in [0.2, 0.25) is 0 Å². The van der Waals surface area contributed by atoms with Gasteiger partial charge in [0.15, 0.2) is 11.0 Å². The van der Waals surface area contributed by atoms with Crippen LogP contribution in [-0.2, 0) is 9.53 Å². The summed E-state index contributed by atoms with van der Waals surface area (Å²) in [6.07, 6.45) is -3.68. The molecule has 1 fully saturated rings. The van der Waals surface area contributed by atoms with Crippen molar-refractivity contribution in [2.75, 3.05) is 6.61 Å². The maximum atomic E-state index is 11.8. The third kappa shape index (κ3) is 2.83. The lowest BCUT2D eigenvalue weighted by atomic mass is 10.1. The van der Waals surface area contributed by atoms with Gasteiger partial charge in [-0.05, 0) is 19.1 Å². The number of nitrogens with zero attached hydrogens (tertiary/aromatic N) is 1. The number of carboxylic acid groups (broad SMARTS) is 1. The molecule has 5 atom stereocenters. The van der Waals surface area contributed by atoms with E-state index in [0.717, 1.165) is 4.57 Å². The Hall–Kier alpha value is -1.59. The van der Waals surface area contributed by atoms with E-state index in [9.17, 15) is 19.8 Å². The molecule has 0 bridgehead atoms. The van der Waals surface area contributed by atoms with Gasteiger partial charge in [0.1, 0.15) is 18.3 Å². The van der Waals surface area contributed by atoms with Crippen LogP contribution in [0.2, 0.25) is 0 Å². The van der Waals surface area contributed by atoms with Crippen molar-refractivity contribution >= 4 is 18.2 Å². The molecule has 0 amide bonds. The van der Waals surface area contributed by atoms with Crippen LogP contribution in [0.5, 0.6) is 0 Å². The largest absolute Gasteiger partial charge is 0.481 e. The Balaban J connectivity index is 2.48. The average Bonchev–Trinajstić information content (AvgIpc) is 2.74. The summed E-state index contributed by atoms with van der Waals surface area (Å²) in [5.74, 6) is -2.29. The number of nitrogens with one attached hydrogen (secondary N) is 1. The molecule has 1 aliphatic heterocycles. The van der Waals surface area contributed by atoms with E-state index in [2.05, 4.69) is 4.98 Å². The van der Waals surface area contributed by atoms with Crippen molar-refractivity contribution in [2.45, 2.75) is 37.4 Å². The van der Waals surface area contributed by atoms with Crippen molar-refractivity contribution < 1.29 is 30.0 Å². The highest BCUT2D eigenvalue weighted by atomic mass is 32.1. The van der Waals surface area contributed by atoms with Crippen LogP contribution in [0.1, 0.15) is 24.6 Å². The fraction of sp³-hybridized carbons (Fsp3) is 0.583. The van der Waals surface area contributed by atoms with E-state index in [1.807, 2.05) is 0 Å². The van der Waals surface area contributed by atoms with Crippen molar-refractivity contribution in [3.63, 3.8) is 0 Å². The van der Waals surface area contributed by atoms with Crippen molar-refractivity contribution in [3.8, 4) is 0 Å². The Morgan fingerprint density at radius 2 is 2.14 bits per heavy atom. The molecule has 122 valence electrons. The van der Waals surface area contributed by atoms with Gasteiger partial charge in [-0.25, -0.2) is 0 Å². The number of aliphatic hydroxyl groups excluding tert-OH is 3. The van der Waals surface area contributed by atoms with Crippen LogP contribution < -0.4 is 5.56 Å². The average molecular weight is 332 g/mol. The smallest absolute Gasteiger partial charge is 0.310 e. The molecule has 10 heteroatoms. The summed E-state index contributed by atoms with van der Waals surface area (Å²) in [4.78, 5) is 25.2. The summed E-state index contributed by atoms with van der Waals surface area (Å²) >= 11 is 4.98. The minimum atomic E-state index is -1.39. The molecular weight excluding hydrogens is 316 g/mol. The predicted octanol–water partition coefficient (Wildman–Crippen LogP) is -1.29. The number of aromatic amines is 1. The summed E-state index contributed by atoms with van der Waals surface area (Å²) in [5.41, 5.74) is -0.721. The minimum Gasteiger partial charge on any atom is -0.481 e. The molecule has 1 aromatic rings. The summed E-state index contributed by atoms with van der Waals surface area (Å²) in [6.45, 7) is 0.821. The van der Waals surface area contributed by atoms with Gasteiger partial charge in [-0.15, -0.1) is 0 Å². The van der Waals surface area contributed by atoms with Crippen LogP contribution in [-0.4, -0.2) is 60.9 Å². The van der Waals surface area contributed by atoms with Crippen molar-refractivity contribution in [2.24, 2.45) is 0 Å². The molecule has 0 aliphatic carbocycles. The lowest BCUT2D eigenvalue weighted by Gasteiger charge is -2.19. The molecule has 1 unspecified atom stereocenters. The number of carbonyl (C=O) groups is 1. The van der Waals surface area contributed by atoms with E-state index in [1.54, 1.807) is 0 Å². The van der Waals surface area contributed by atoms with E-state index in [4.69, 9.17) is 27.2 Å². The molecular formula is C12H16N2O7S. The SMILES string of the molecule is CC(C(=O)O)c1cn([C@@H]2O[C@H](CO)[C@@H](O)[C@H]2O)c(=S)[nH]c1=O. The quantitative estimate of drug-likeness (QED) is 0.428. The Bertz CT molecular complexity index is 685. The summed E-state index contributed by atoms with van der Waals surface area (Å²) < 4.78 is 6.38. The second-order valence-electron chi connectivity index (χ2n) is 5.04. The molecule has 1 aromatic heterocycles. The Labute approximate surface area is 129 Å². The van der Waals surface area contributed by atoms with Crippen molar-refractivity contribution in [1.29, 1.82) is 0 Å². The second kappa shape index (κ2) is 6.26. The second-order valence-corrected chi connectivity index (χ2v) is 5.43. The molecule has 1 aliphatic rings. The van der Waals surface area contributed by atoms with Crippen LogP contribution in [0, 0.1) is 4.77 Å². The molecule has 0 radical (unpaired) electrons. The maximum Gasteiger partial charge on any atom is 0.310 e. The van der Waals surface area contributed by atoms with Gasteiger partial charge < -0.3 is 25.2 Å². The first-order chi connectivity index (χ1) is 10.3. The Kier molecular flexibility index (Phi) is 4.78.